The Morgan fingerprint density at radius 3 is 2.94 bits per heavy atom. The van der Waals surface area contributed by atoms with E-state index in [1.165, 1.54) is 17.5 Å². The third kappa shape index (κ3) is 3.47. The molecule has 2 rings (SSSR count). The van der Waals surface area contributed by atoms with E-state index in [4.69, 9.17) is 0 Å². The lowest BCUT2D eigenvalue weighted by Gasteiger charge is -2.10. The van der Waals surface area contributed by atoms with Gasteiger partial charge in [0.15, 0.2) is 0 Å². The van der Waals surface area contributed by atoms with Gasteiger partial charge in [-0.15, -0.1) is 0 Å². The highest BCUT2D eigenvalue weighted by Gasteiger charge is 2.23. The van der Waals surface area contributed by atoms with E-state index < -0.39 is 4.92 Å². The van der Waals surface area contributed by atoms with Crippen LogP contribution in [0.4, 0.5) is 5.95 Å². The first-order chi connectivity index (χ1) is 8.06. The molecule has 1 fully saturated rings. The predicted molar refractivity (Wildman–Crippen MR) is 64.6 cm³/mol. The summed E-state index contributed by atoms with van der Waals surface area (Å²) in [6.07, 6.45) is 2.51. The zero-order valence-corrected chi connectivity index (χ0v) is 11.1. The second-order valence-corrected chi connectivity index (χ2v) is 5.12. The van der Waals surface area contributed by atoms with Crippen molar-refractivity contribution in [3.05, 3.63) is 14.8 Å². The molecule has 0 saturated heterocycles. The lowest BCUT2D eigenvalue weighted by Crippen LogP contribution is -2.26. The Morgan fingerprint density at radius 2 is 2.41 bits per heavy atom. The minimum Gasteiger partial charge on any atom is -0.390 e. The average molecular weight is 304 g/mol. The maximum Gasteiger partial charge on any atom is 0.492 e. The van der Waals surface area contributed by atoms with Crippen LogP contribution in [-0.2, 0) is 6.54 Å². The molecule has 0 radical (unpaired) electrons. The molecule has 1 saturated carbocycles. The SMILES string of the molecule is CC(CNC1CC1)Cn1nc([N+](=O)[O-])nc1Br. The molecule has 7 nitrogen and oxygen atoms in total. The molecule has 1 aromatic rings. The minimum atomic E-state index is -0.589. The molecule has 1 aliphatic carbocycles. The highest BCUT2D eigenvalue weighted by atomic mass is 79.9. The third-order valence-electron chi connectivity index (χ3n) is 2.60. The van der Waals surface area contributed by atoms with Crippen LogP contribution in [0.15, 0.2) is 4.73 Å². The van der Waals surface area contributed by atoms with Crippen molar-refractivity contribution >= 4 is 21.9 Å². The molecule has 0 aliphatic heterocycles. The van der Waals surface area contributed by atoms with Crippen LogP contribution in [0.25, 0.3) is 0 Å². The van der Waals surface area contributed by atoms with Crippen LogP contribution in [0, 0.1) is 16.0 Å². The van der Waals surface area contributed by atoms with Gasteiger partial charge in [-0.2, -0.15) is 4.68 Å². The zero-order chi connectivity index (χ0) is 12.4. The summed E-state index contributed by atoms with van der Waals surface area (Å²) in [5.74, 6) is -0.00701. The van der Waals surface area contributed by atoms with Gasteiger partial charge in [-0.05, 0) is 35.2 Å². The lowest BCUT2D eigenvalue weighted by atomic mass is 10.2. The number of hydrogen-bond acceptors (Lipinski definition) is 5. The van der Waals surface area contributed by atoms with Gasteiger partial charge < -0.3 is 15.4 Å². The molecule has 1 atom stereocenters. The molecule has 1 aliphatic rings. The molecule has 1 N–H and O–H groups in total. The van der Waals surface area contributed by atoms with Gasteiger partial charge in [0, 0.05) is 27.1 Å². The van der Waals surface area contributed by atoms with Crippen molar-refractivity contribution in [3.8, 4) is 0 Å². The fourth-order valence-corrected chi connectivity index (χ4v) is 1.90. The van der Waals surface area contributed by atoms with E-state index >= 15 is 0 Å². The molecule has 1 aromatic heterocycles. The van der Waals surface area contributed by atoms with Crippen LogP contribution in [0.1, 0.15) is 19.8 Å². The molecule has 0 spiro atoms. The summed E-state index contributed by atoms with van der Waals surface area (Å²) in [5.41, 5.74) is 0. The van der Waals surface area contributed by atoms with Crippen molar-refractivity contribution in [1.29, 1.82) is 0 Å². The standard InChI is InChI=1S/C9H14BrN5O2/c1-6(4-11-7-2-3-7)5-14-8(10)12-9(13-14)15(16)17/h6-7,11H,2-5H2,1H3. The smallest absolute Gasteiger partial charge is 0.390 e. The van der Waals surface area contributed by atoms with Crippen LogP contribution in [-0.4, -0.2) is 32.3 Å². The highest BCUT2D eigenvalue weighted by Crippen LogP contribution is 2.19. The van der Waals surface area contributed by atoms with Gasteiger partial charge >= 0.3 is 5.95 Å². The first-order valence-electron chi connectivity index (χ1n) is 5.54. The van der Waals surface area contributed by atoms with Crippen molar-refractivity contribution in [1.82, 2.24) is 20.1 Å². The Bertz CT molecular complexity index is 418. The van der Waals surface area contributed by atoms with E-state index in [0.29, 0.717) is 23.2 Å². The van der Waals surface area contributed by atoms with Crippen LogP contribution in [0.2, 0.25) is 0 Å². The lowest BCUT2D eigenvalue weighted by molar-refractivity contribution is -0.394. The molecule has 8 heteroatoms. The fourth-order valence-electron chi connectivity index (χ4n) is 1.52. The van der Waals surface area contributed by atoms with Crippen molar-refractivity contribution in [3.63, 3.8) is 0 Å². The first kappa shape index (κ1) is 12.4. The zero-order valence-electron chi connectivity index (χ0n) is 9.47. The van der Waals surface area contributed by atoms with Crippen molar-refractivity contribution in [2.75, 3.05) is 6.54 Å². The number of rotatable bonds is 6. The summed E-state index contributed by atoms with van der Waals surface area (Å²) >= 11 is 3.17. The van der Waals surface area contributed by atoms with Gasteiger partial charge in [0.25, 0.3) is 4.73 Å². The summed E-state index contributed by atoms with van der Waals surface area (Å²) < 4.78 is 1.93. The van der Waals surface area contributed by atoms with Crippen LogP contribution >= 0.6 is 15.9 Å². The molecule has 0 aromatic carbocycles. The molecule has 1 heterocycles. The molecular formula is C9H14BrN5O2. The number of nitro groups is 1. The molecule has 0 amide bonds. The Balaban J connectivity index is 1.89. The quantitative estimate of drug-likeness (QED) is 0.633. The van der Waals surface area contributed by atoms with Gasteiger partial charge in [0.2, 0.25) is 0 Å². The summed E-state index contributed by atoms with van der Waals surface area (Å²) in [5, 5.41) is 17.7. The fraction of sp³-hybridized carbons (Fsp3) is 0.778. The number of halogens is 1. The van der Waals surface area contributed by atoms with E-state index in [1.54, 1.807) is 0 Å². The van der Waals surface area contributed by atoms with Crippen molar-refractivity contribution in [2.45, 2.75) is 32.4 Å². The summed E-state index contributed by atoms with van der Waals surface area (Å²) in [7, 11) is 0. The summed E-state index contributed by atoms with van der Waals surface area (Å²) in [4.78, 5) is 13.6. The van der Waals surface area contributed by atoms with Gasteiger partial charge in [-0.1, -0.05) is 6.92 Å². The van der Waals surface area contributed by atoms with Crippen molar-refractivity contribution in [2.24, 2.45) is 5.92 Å². The molecule has 0 bridgehead atoms. The normalized spacial score (nSPS) is 17.1. The molecular weight excluding hydrogens is 290 g/mol. The molecule has 94 valence electrons. The second kappa shape index (κ2) is 5.09. The van der Waals surface area contributed by atoms with Crippen LogP contribution in [0.3, 0.4) is 0 Å². The number of nitrogens with one attached hydrogen (secondary N) is 1. The largest absolute Gasteiger partial charge is 0.492 e. The monoisotopic (exact) mass is 303 g/mol. The first-order valence-corrected chi connectivity index (χ1v) is 6.33. The number of hydrogen-bond donors (Lipinski definition) is 1. The number of nitrogens with zero attached hydrogens (tertiary/aromatic N) is 4. The average Bonchev–Trinajstić information content (AvgIpc) is 3.02. The van der Waals surface area contributed by atoms with Gasteiger partial charge in [-0.25, -0.2) is 0 Å². The highest BCUT2D eigenvalue weighted by molar-refractivity contribution is 9.10. The van der Waals surface area contributed by atoms with Gasteiger partial charge in [-0.3, -0.25) is 0 Å². The Hall–Kier alpha value is -1.02. The Morgan fingerprint density at radius 1 is 1.71 bits per heavy atom. The van der Waals surface area contributed by atoms with E-state index in [-0.39, 0.29) is 5.95 Å². The van der Waals surface area contributed by atoms with E-state index in [2.05, 4.69) is 38.3 Å². The van der Waals surface area contributed by atoms with E-state index in [9.17, 15) is 10.1 Å². The third-order valence-corrected chi connectivity index (χ3v) is 3.18. The van der Waals surface area contributed by atoms with Crippen molar-refractivity contribution < 1.29 is 4.92 Å². The summed E-state index contributed by atoms with van der Waals surface area (Å²) in [6.45, 7) is 3.58. The Labute approximate surface area is 107 Å². The molecule has 17 heavy (non-hydrogen) atoms. The topological polar surface area (TPSA) is 85.9 Å². The summed E-state index contributed by atoms with van der Waals surface area (Å²) in [6, 6.07) is 0.672. The van der Waals surface area contributed by atoms with Crippen LogP contribution < -0.4 is 5.32 Å². The van der Waals surface area contributed by atoms with E-state index in [0.717, 1.165) is 6.54 Å². The Kier molecular flexibility index (Phi) is 3.72. The second-order valence-electron chi connectivity index (χ2n) is 4.41. The molecule has 1 unspecified atom stereocenters. The van der Waals surface area contributed by atoms with E-state index in [1.807, 2.05) is 0 Å². The van der Waals surface area contributed by atoms with Gasteiger partial charge in [0.1, 0.15) is 0 Å². The maximum atomic E-state index is 10.5. The van der Waals surface area contributed by atoms with Gasteiger partial charge in [0.05, 0.1) is 6.54 Å². The van der Waals surface area contributed by atoms with Crippen LogP contribution in [0.5, 0.6) is 0 Å². The minimum absolute atomic E-state index is 0.355. The predicted octanol–water partition coefficient (Wildman–Crippen LogP) is 1.34. The number of aromatic nitrogens is 3. The maximum absolute atomic E-state index is 10.5.